The van der Waals surface area contributed by atoms with Crippen molar-refractivity contribution in [1.82, 2.24) is 0 Å². The Morgan fingerprint density at radius 3 is 2.50 bits per heavy atom. The molecule has 5 nitrogen and oxygen atoms in total. The number of morpholine rings is 1. The molecular weight excluding hydrogens is 232 g/mol. The second kappa shape index (κ2) is 4.94. The number of aryl methyl sites for hydroxylation is 1. The van der Waals surface area contributed by atoms with Crippen LogP contribution < -0.4 is 4.90 Å². The predicted molar refractivity (Wildman–Crippen MR) is 70.1 cm³/mol. The Labute approximate surface area is 107 Å². The summed E-state index contributed by atoms with van der Waals surface area (Å²) in [6, 6.07) is 5.54. The lowest BCUT2D eigenvalue weighted by atomic mass is 10.1. The first-order valence-corrected chi connectivity index (χ1v) is 6.12. The van der Waals surface area contributed by atoms with Crippen LogP contribution in [0.3, 0.4) is 0 Å². The molecule has 5 heteroatoms. The van der Waals surface area contributed by atoms with Crippen LogP contribution in [0.5, 0.6) is 0 Å². The zero-order chi connectivity index (χ0) is 13.3. The largest absolute Gasteiger partial charge is 0.377 e. The van der Waals surface area contributed by atoms with Gasteiger partial charge in [-0.1, -0.05) is 6.07 Å². The second-order valence-electron chi connectivity index (χ2n) is 4.89. The smallest absolute Gasteiger partial charge is 0.292 e. The van der Waals surface area contributed by atoms with Gasteiger partial charge in [-0.3, -0.25) is 10.1 Å². The molecule has 1 heterocycles. The molecule has 1 saturated heterocycles. The Kier molecular flexibility index (Phi) is 3.52. The van der Waals surface area contributed by atoms with Crippen molar-refractivity contribution in [2.45, 2.75) is 32.9 Å². The van der Waals surface area contributed by atoms with Gasteiger partial charge in [0.2, 0.25) is 0 Å². The molecule has 0 N–H and O–H groups in total. The van der Waals surface area contributed by atoms with E-state index >= 15 is 0 Å². The lowest BCUT2D eigenvalue weighted by Crippen LogP contribution is -2.50. The molecule has 1 aliphatic heterocycles. The molecule has 0 radical (unpaired) electrons. The van der Waals surface area contributed by atoms with Crippen LogP contribution in [0.1, 0.15) is 19.4 Å². The fourth-order valence-corrected chi connectivity index (χ4v) is 2.47. The van der Waals surface area contributed by atoms with Crippen LogP contribution in [0, 0.1) is 17.0 Å². The van der Waals surface area contributed by atoms with E-state index < -0.39 is 0 Å². The standard InChI is InChI=1S/C13H18N2O3/c1-9-4-5-12(15(16)17)13(6-9)14-10(2)7-18-8-11(14)3/h4-6,10-11H,7-8H2,1-3H3/t10-,11-/m0/s1. The van der Waals surface area contributed by atoms with Gasteiger partial charge in [0, 0.05) is 6.07 Å². The molecule has 18 heavy (non-hydrogen) atoms. The van der Waals surface area contributed by atoms with E-state index in [1.165, 1.54) is 0 Å². The van der Waals surface area contributed by atoms with Gasteiger partial charge >= 0.3 is 0 Å². The number of rotatable bonds is 2. The van der Waals surface area contributed by atoms with Gasteiger partial charge in [-0.25, -0.2) is 0 Å². The first-order chi connectivity index (χ1) is 8.50. The zero-order valence-electron chi connectivity index (χ0n) is 10.9. The normalized spacial score (nSPS) is 24.1. The first-order valence-electron chi connectivity index (χ1n) is 6.12. The van der Waals surface area contributed by atoms with Crippen LogP contribution in [0.25, 0.3) is 0 Å². The predicted octanol–water partition coefficient (Wildman–Crippen LogP) is 2.52. The van der Waals surface area contributed by atoms with Gasteiger partial charge in [-0.2, -0.15) is 0 Å². The van der Waals surface area contributed by atoms with E-state index in [1.807, 2.05) is 26.8 Å². The summed E-state index contributed by atoms with van der Waals surface area (Å²) in [5.41, 5.74) is 1.89. The fourth-order valence-electron chi connectivity index (χ4n) is 2.47. The Morgan fingerprint density at radius 1 is 1.33 bits per heavy atom. The van der Waals surface area contributed by atoms with Gasteiger partial charge in [0.15, 0.2) is 0 Å². The molecule has 0 saturated carbocycles. The summed E-state index contributed by atoms with van der Waals surface area (Å²) in [6.07, 6.45) is 0. The maximum absolute atomic E-state index is 11.1. The molecule has 0 bridgehead atoms. The fraction of sp³-hybridized carbons (Fsp3) is 0.538. The van der Waals surface area contributed by atoms with E-state index in [2.05, 4.69) is 4.90 Å². The van der Waals surface area contributed by atoms with E-state index in [9.17, 15) is 10.1 Å². The van der Waals surface area contributed by atoms with Gasteiger partial charge in [-0.05, 0) is 32.4 Å². The van der Waals surface area contributed by atoms with Crippen molar-refractivity contribution in [3.63, 3.8) is 0 Å². The highest BCUT2D eigenvalue weighted by Crippen LogP contribution is 2.33. The van der Waals surface area contributed by atoms with E-state index in [0.29, 0.717) is 18.9 Å². The Balaban J connectivity index is 2.47. The molecule has 1 aromatic rings. The van der Waals surface area contributed by atoms with Crippen molar-refractivity contribution in [3.8, 4) is 0 Å². The summed E-state index contributed by atoms with van der Waals surface area (Å²) in [6.45, 7) is 7.22. The number of hydrogen-bond donors (Lipinski definition) is 0. The van der Waals surface area contributed by atoms with E-state index in [1.54, 1.807) is 12.1 Å². The molecule has 0 spiro atoms. The van der Waals surface area contributed by atoms with Crippen LogP contribution in [0.2, 0.25) is 0 Å². The average Bonchev–Trinajstić information content (AvgIpc) is 2.28. The lowest BCUT2D eigenvalue weighted by Gasteiger charge is -2.40. The van der Waals surface area contributed by atoms with E-state index in [-0.39, 0.29) is 22.7 Å². The van der Waals surface area contributed by atoms with Gasteiger partial charge in [-0.15, -0.1) is 0 Å². The summed E-state index contributed by atoms with van der Waals surface area (Å²) in [5, 5.41) is 11.1. The van der Waals surface area contributed by atoms with Crippen molar-refractivity contribution in [2.75, 3.05) is 18.1 Å². The quantitative estimate of drug-likeness (QED) is 0.598. The number of nitrogens with zero attached hydrogens (tertiary/aromatic N) is 2. The van der Waals surface area contributed by atoms with Crippen molar-refractivity contribution >= 4 is 11.4 Å². The van der Waals surface area contributed by atoms with Crippen molar-refractivity contribution in [1.29, 1.82) is 0 Å². The van der Waals surface area contributed by atoms with Gasteiger partial charge in [0.25, 0.3) is 5.69 Å². The number of nitro benzene ring substituents is 1. The zero-order valence-corrected chi connectivity index (χ0v) is 10.9. The summed E-state index contributed by atoms with van der Waals surface area (Å²) in [5.74, 6) is 0. The lowest BCUT2D eigenvalue weighted by molar-refractivity contribution is -0.384. The number of ether oxygens (including phenoxy) is 1. The molecule has 1 fully saturated rings. The number of benzene rings is 1. The molecule has 98 valence electrons. The third-order valence-electron chi connectivity index (χ3n) is 3.27. The van der Waals surface area contributed by atoms with E-state index in [0.717, 1.165) is 5.56 Å². The Hall–Kier alpha value is -1.62. The minimum atomic E-state index is -0.316. The average molecular weight is 250 g/mol. The topological polar surface area (TPSA) is 55.6 Å². The second-order valence-corrected chi connectivity index (χ2v) is 4.89. The summed E-state index contributed by atoms with van der Waals surface area (Å²) in [7, 11) is 0. The van der Waals surface area contributed by atoms with E-state index in [4.69, 9.17) is 4.74 Å². The highest BCUT2D eigenvalue weighted by molar-refractivity contribution is 5.65. The molecule has 0 unspecified atom stereocenters. The first kappa shape index (κ1) is 12.8. The Morgan fingerprint density at radius 2 is 1.94 bits per heavy atom. The highest BCUT2D eigenvalue weighted by atomic mass is 16.6. The minimum absolute atomic E-state index is 0.147. The van der Waals surface area contributed by atoms with Crippen molar-refractivity contribution in [2.24, 2.45) is 0 Å². The maximum Gasteiger partial charge on any atom is 0.292 e. The van der Waals surface area contributed by atoms with Crippen molar-refractivity contribution in [3.05, 3.63) is 33.9 Å². The SMILES string of the molecule is Cc1ccc([N+](=O)[O-])c(N2[C@@H](C)COC[C@@H]2C)c1. The molecule has 0 amide bonds. The third kappa shape index (κ3) is 2.31. The monoisotopic (exact) mass is 250 g/mol. The Bertz CT molecular complexity index is 452. The molecule has 2 atom stereocenters. The number of nitro groups is 1. The molecule has 2 rings (SSSR count). The van der Waals surface area contributed by atoms with Crippen LogP contribution in [0.15, 0.2) is 18.2 Å². The number of anilines is 1. The summed E-state index contributed by atoms with van der Waals surface area (Å²) < 4.78 is 5.46. The summed E-state index contributed by atoms with van der Waals surface area (Å²) >= 11 is 0. The van der Waals surface area contributed by atoms with Gasteiger partial charge in [0.1, 0.15) is 5.69 Å². The minimum Gasteiger partial charge on any atom is -0.377 e. The van der Waals surface area contributed by atoms with Crippen LogP contribution >= 0.6 is 0 Å². The molecular formula is C13H18N2O3. The maximum atomic E-state index is 11.1. The number of hydrogen-bond acceptors (Lipinski definition) is 4. The highest BCUT2D eigenvalue weighted by Gasteiger charge is 2.30. The van der Waals surface area contributed by atoms with Crippen molar-refractivity contribution < 1.29 is 9.66 Å². The van der Waals surface area contributed by atoms with Crippen LogP contribution in [-0.4, -0.2) is 30.2 Å². The summed E-state index contributed by atoms with van der Waals surface area (Å²) in [4.78, 5) is 12.9. The van der Waals surface area contributed by atoms with Gasteiger partial charge < -0.3 is 9.64 Å². The molecule has 0 aromatic heterocycles. The molecule has 1 aromatic carbocycles. The molecule has 1 aliphatic rings. The van der Waals surface area contributed by atoms with Crippen LogP contribution in [0.4, 0.5) is 11.4 Å². The van der Waals surface area contributed by atoms with Gasteiger partial charge in [0.05, 0.1) is 30.2 Å². The van der Waals surface area contributed by atoms with Crippen LogP contribution in [-0.2, 0) is 4.74 Å². The third-order valence-corrected chi connectivity index (χ3v) is 3.27. The molecule has 0 aliphatic carbocycles.